The highest BCUT2D eigenvalue weighted by molar-refractivity contribution is 5.76. The molecule has 1 amide bonds. The highest BCUT2D eigenvalue weighted by Gasteiger charge is 2.15. The zero-order valence-electron chi connectivity index (χ0n) is 13.4. The summed E-state index contributed by atoms with van der Waals surface area (Å²) >= 11 is 0. The zero-order valence-corrected chi connectivity index (χ0v) is 13.4. The lowest BCUT2D eigenvalue weighted by Crippen LogP contribution is -2.45. The van der Waals surface area contributed by atoms with Crippen molar-refractivity contribution in [2.75, 3.05) is 6.54 Å². The Labute approximate surface area is 122 Å². The smallest absolute Gasteiger partial charge is 0.220 e. The minimum Gasteiger partial charge on any atom is -0.354 e. The van der Waals surface area contributed by atoms with Crippen LogP contribution in [0.15, 0.2) is 24.3 Å². The molecule has 1 rings (SSSR count). The first-order valence-corrected chi connectivity index (χ1v) is 7.34. The summed E-state index contributed by atoms with van der Waals surface area (Å²) < 4.78 is 0. The molecule has 1 unspecified atom stereocenters. The maximum atomic E-state index is 11.9. The van der Waals surface area contributed by atoms with Gasteiger partial charge in [0.15, 0.2) is 0 Å². The average Bonchev–Trinajstić information content (AvgIpc) is 2.35. The number of benzene rings is 1. The molecule has 0 aromatic heterocycles. The lowest BCUT2D eigenvalue weighted by atomic mass is 9.94. The Morgan fingerprint density at radius 2 is 1.65 bits per heavy atom. The van der Waals surface area contributed by atoms with Gasteiger partial charge in [-0.2, -0.15) is 0 Å². The van der Waals surface area contributed by atoms with Crippen LogP contribution in [0.5, 0.6) is 0 Å². The van der Waals surface area contributed by atoms with E-state index in [1.165, 1.54) is 11.1 Å². The van der Waals surface area contributed by atoms with Crippen LogP contribution in [0.3, 0.4) is 0 Å². The summed E-state index contributed by atoms with van der Waals surface area (Å²) in [5.74, 6) is 0.815. The fraction of sp³-hybridized carbons (Fsp3) is 0.588. The van der Waals surface area contributed by atoms with Gasteiger partial charge in [0.05, 0.1) is 0 Å². The van der Waals surface area contributed by atoms with Crippen LogP contribution in [-0.2, 0) is 4.79 Å². The molecule has 0 aliphatic rings. The Hall–Kier alpha value is -1.35. The molecule has 112 valence electrons. The lowest BCUT2D eigenvalue weighted by molar-refractivity contribution is -0.121. The van der Waals surface area contributed by atoms with E-state index in [2.05, 4.69) is 50.4 Å². The van der Waals surface area contributed by atoms with Gasteiger partial charge in [-0.25, -0.2) is 0 Å². The monoisotopic (exact) mass is 276 g/mol. The minimum atomic E-state index is -0.363. The Balaban J connectivity index is 2.53. The van der Waals surface area contributed by atoms with Crippen LogP contribution in [0, 0.1) is 0 Å². The largest absolute Gasteiger partial charge is 0.354 e. The normalized spacial score (nSPS) is 13.3. The Morgan fingerprint density at radius 1 is 1.15 bits per heavy atom. The second-order valence-corrected chi connectivity index (χ2v) is 6.69. The van der Waals surface area contributed by atoms with Crippen molar-refractivity contribution >= 4 is 5.91 Å². The van der Waals surface area contributed by atoms with Crippen molar-refractivity contribution in [1.82, 2.24) is 5.32 Å². The number of carbonyl (C=O) groups excluding carboxylic acids is 1. The molecule has 0 spiro atoms. The molecule has 3 N–H and O–H groups in total. The summed E-state index contributed by atoms with van der Waals surface area (Å²) in [6.07, 6.45) is 0.497. The van der Waals surface area contributed by atoms with Gasteiger partial charge in [-0.05, 0) is 36.8 Å². The molecule has 3 heteroatoms. The van der Waals surface area contributed by atoms with Crippen molar-refractivity contribution in [1.29, 1.82) is 0 Å². The van der Waals surface area contributed by atoms with Crippen LogP contribution < -0.4 is 11.1 Å². The molecular formula is C17H28N2O. The third-order valence-electron chi connectivity index (χ3n) is 3.40. The van der Waals surface area contributed by atoms with Crippen molar-refractivity contribution in [3.8, 4) is 0 Å². The van der Waals surface area contributed by atoms with Crippen molar-refractivity contribution in [3.63, 3.8) is 0 Å². The van der Waals surface area contributed by atoms with E-state index in [-0.39, 0.29) is 17.4 Å². The molecule has 0 heterocycles. The Bertz CT molecular complexity index is 429. The Morgan fingerprint density at radius 3 is 2.10 bits per heavy atom. The van der Waals surface area contributed by atoms with Crippen LogP contribution in [0.4, 0.5) is 0 Å². The zero-order chi connectivity index (χ0) is 15.3. The molecule has 0 radical (unpaired) electrons. The molecule has 0 fully saturated rings. The number of nitrogens with two attached hydrogens (primary N) is 1. The van der Waals surface area contributed by atoms with Gasteiger partial charge in [-0.15, -0.1) is 0 Å². The first kappa shape index (κ1) is 16.7. The molecule has 0 bridgehead atoms. The predicted molar refractivity (Wildman–Crippen MR) is 84.8 cm³/mol. The Kier molecular flexibility index (Phi) is 5.75. The van der Waals surface area contributed by atoms with Crippen LogP contribution >= 0.6 is 0 Å². The van der Waals surface area contributed by atoms with Gasteiger partial charge in [-0.3, -0.25) is 4.79 Å². The second-order valence-electron chi connectivity index (χ2n) is 6.69. The highest BCUT2D eigenvalue weighted by Crippen LogP contribution is 2.22. The molecule has 3 nitrogen and oxygen atoms in total. The van der Waals surface area contributed by atoms with E-state index in [4.69, 9.17) is 5.73 Å². The first-order valence-electron chi connectivity index (χ1n) is 7.34. The van der Waals surface area contributed by atoms with Crippen molar-refractivity contribution in [2.24, 2.45) is 5.73 Å². The summed E-state index contributed by atoms with van der Waals surface area (Å²) in [7, 11) is 0. The third-order valence-corrected chi connectivity index (χ3v) is 3.40. The van der Waals surface area contributed by atoms with Gasteiger partial charge in [0, 0.05) is 18.5 Å². The molecule has 20 heavy (non-hydrogen) atoms. The van der Waals surface area contributed by atoms with Gasteiger partial charge >= 0.3 is 0 Å². The molecule has 0 saturated carbocycles. The van der Waals surface area contributed by atoms with Crippen LogP contribution in [-0.4, -0.2) is 18.0 Å². The van der Waals surface area contributed by atoms with Gasteiger partial charge in [0.25, 0.3) is 0 Å². The van der Waals surface area contributed by atoms with E-state index in [1.807, 2.05) is 13.8 Å². The summed E-state index contributed by atoms with van der Waals surface area (Å²) in [6, 6.07) is 8.55. The molecular weight excluding hydrogens is 248 g/mol. The molecule has 0 aliphatic carbocycles. The number of nitrogens with one attached hydrogen (secondary N) is 1. The van der Waals surface area contributed by atoms with E-state index in [0.717, 1.165) is 0 Å². The fourth-order valence-corrected chi connectivity index (χ4v) is 2.00. The molecule has 1 aromatic rings. The van der Waals surface area contributed by atoms with E-state index >= 15 is 0 Å². The second kappa shape index (κ2) is 6.89. The average molecular weight is 276 g/mol. The number of hydrogen-bond acceptors (Lipinski definition) is 2. The van der Waals surface area contributed by atoms with Crippen molar-refractivity contribution < 1.29 is 4.79 Å². The van der Waals surface area contributed by atoms with Crippen LogP contribution in [0.25, 0.3) is 0 Å². The third kappa shape index (κ3) is 5.74. The van der Waals surface area contributed by atoms with E-state index in [9.17, 15) is 4.79 Å². The van der Waals surface area contributed by atoms with Gasteiger partial charge in [0.1, 0.15) is 0 Å². The van der Waals surface area contributed by atoms with Gasteiger partial charge in [0.2, 0.25) is 5.91 Å². The van der Waals surface area contributed by atoms with E-state index in [1.54, 1.807) is 0 Å². The number of carbonyl (C=O) groups is 1. The number of hydrogen-bond donors (Lipinski definition) is 2. The summed E-state index contributed by atoms with van der Waals surface area (Å²) in [5.41, 5.74) is 8.03. The number of amides is 1. The summed E-state index contributed by atoms with van der Waals surface area (Å²) in [5, 5.41) is 2.89. The number of rotatable bonds is 6. The quantitative estimate of drug-likeness (QED) is 0.838. The lowest BCUT2D eigenvalue weighted by Gasteiger charge is -2.20. The van der Waals surface area contributed by atoms with Crippen LogP contribution in [0.1, 0.15) is 64.0 Å². The summed E-state index contributed by atoms with van der Waals surface area (Å²) in [6.45, 7) is 10.8. The SMILES string of the molecule is CC(C)c1ccc(C(C)CC(=O)NCC(C)(C)N)cc1. The van der Waals surface area contributed by atoms with Crippen molar-refractivity contribution in [3.05, 3.63) is 35.4 Å². The van der Waals surface area contributed by atoms with Gasteiger partial charge in [-0.1, -0.05) is 45.0 Å². The van der Waals surface area contributed by atoms with Crippen LogP contribution in [0.2, 0.25) is 0 Å². The predicted octanol–water partition coefficient (Wildman–Crippen LogP) is 3.16. The molecule has 0 saturated heterocycles. The highest BCUT2D eigenvalue weighted by atomic mass is 16.1. The molecule has 1 aromatic carbocycles. The topological polar surface area (TPSA) is 55.1 Å². The first-order chi connectivity index (χ1) is 9.19. The van der Waals surface area contributed by atoms with Gasteiger partial charge < -0.3 is 11.1 Å². The minimum absolute atomic E-state index is 0.0592. The van der Waals surface area contributed by atoms with Crippen molar-refractivity contribution in [2.45, 2.75) is 58.4 Å². The fourth-order valence-electron chi connectivity index (χ4n) is 2.00. The summed E-state index contributed by atoms with van der Waals surface area (Å²) in [4.78, 5) is 11.9. The van der Waals surface area contributed by atoms with E-state index in [0.29, 0.717) is 18.9 Å². The molecule has 1 atom stereocenters. The maximum absolute atomic E-state index is 11.9. The standard InChI is InChI=1S/C17H28N2O/c1-12(2)14-6-8-15(9-7-14)13(3)10-16(20)19-11-17(4,5)18/h6-9,12-13H,10-11,18H2,1-5H3,(H,19,20). The maximum Gasteiger partial charge on any atom is 0.220 e. The van der Waals surface area contributed by atoms with E-state index < -0.39 is 0 Å². The molecule has 0 aliphatic heterocycles.